The molecule has 1 aliphatic carbocycles. The maximum absolute atomic E-state index is 11.6. The Labute approximate surface area is 190 Å². The van der Waals surface area contributed by atoms with Crippen LogP contribution >= 0.6 is 0 Å². The molecule has 3 heterocycles. The molecular weight excluding hydrogens is 402 g/mol. The van der Waals surface area contributed by atoms with Gasteiger partial charge in [0.1, 0.15) is 0 Å². The van der Waals surface area contributed by atoms with Crippen molar-refractivity contribution in [3.63, 3.8) is 0 Å². The highest BCUT2D eigenvalue weighted by molar-refractivity contribution is 5.76. The molecule has 3 aliphatic rings. The number of hydrogen-bond acceptors (Lipinski definition) is 6. The van der Waals surface area contributed by atoms with Crippen LogP contribution in [0.3, 0.4) is 0 Å². The molecule has 0 radical (unpaired) electrons. The third-order valence-electron chi connectivity index (χ3n) is 7.74. The first-order valence-corrected chi connectivity index (χ1v) is 12.3. The Morgan fingerprint density at radius 2 is 1.84 bits per heavy atom. The van der Waals surface area contributed by atoms with E-state index in [1.807, 2.05) is 0 Å². The van der Waals surface area contributed by atoms with E-state index in [1.165, 1.54) is 24.0 Å². The molecule has 2 saturated heterocycles. The van der Waals surface area contributed by atoms with Gasteiger partial charge in [-0.1, -0.05) is 47.8 Å². The Morgan fingerprint density at radius 3 is 2.59 bits per heavy atom. The fourth-order valence-electron chi connectivity index (χ4n) is 5.79. The van der Waals surface area contributed by atoms with Gasteiger partial charge in [0.05, 0.1) is 12.0 Å². The second-order valence-electron chi connectivity index (χ2n) is 9.81. The molecule has 32 heavy (non-hydrogen) atoms. The van der Waals surface area contributed by atoms with Crippen molar-refractivity contribution in [1.82, 2.24) is 25.3 Å². The molecule has 0 bridgehead atoms. The van der Waals surface area contributed by atoms with Crippen LogP contribution in [0.5, 0.6) is 0 Å². The Bertz CT molecular complexity index is 911. The zero-order valence-corrected chi connectivity index (χ0v) is 19.2. The average Bonchev–Trinajstić information content (AvgIpc) is 3.43. The highest BCUT2D eigenvalue weighted by atomic mass is 16.5. The first-order valence-electron chi connectivity index (χ1n) is 12.3. The van der Waals surface area contributed by atoms with E-state index >= 15 is 0 Å². The average molecular weight is 438 g/mol. The molecule has 2 aliphatic heterocycles. The van der Waals surface area contributed by atoms with Crippen molar-refractivity contribution in [2.75, 3.05) is 32.7 Å². The Hall–Kier alpha value is -2.25. The minimum absolute atomic E-state index is 0.0965. The predicted molar refractivity (Wildman–Crippen MR) is 122 cm³/mol. The molecule has 172 valence electrons. The van der Waals surface area contributed by atoms with Crippen molar-refractivity contribution >= 4 is 5.91 Å². The molecule has 0 unspecified atom stereocenters. The summed E-state index contributed by atoms with van der Waals surface area (Å²) in [6.45, 7) is 7.53. The highest BCUT2D eigenvalue weighted by Crippen LogP contribution is 2.45. The third-order valence-corrected chi connectivity index (χ3v) is 7.74. The fraction of sp³-hybridized carbons (Fsp3) is 0.640. The summed E-state index contributed by atoms with van der Waals surface area (Å²) in [4.78, 5) is 21.5. The number of piperidine rings is 1. The Morgan fingerprint density at radius 1 is 1.09 bits per heavy atom. The number of aromatic nitrogens is 2. The number of benzene rings is 1. The predicted octanol–water partition coefficient (Wildman–Crippen LogP) is 3.02. The Balaban J connectivity index is 1.21. The summed E-state index contributed by atoms with van der Waals surface area (Å²) in [6.07, 6.45) is 7.48. The van der Waals surface area contributed by atoms with Crippen LogP contribution in [0.15, 0.2) is 28.8 Å². The van der Waals surface area contributed by atoms with Crippen molar-refractivity contribution in [1.29, 1.82) is 0 Å². The van der Waals surface area contributed by atoms with Crippen LogP contribution in [0.25, 0.3) is 0 Å². The maximum atomic E-state index is 11.6. The van der Waals surface area contributed by atoms with E-state index in [1.54, 1.807) is 0 Å². The zero-order chi connectivity index (χ0) is 22.0. The number of amides is 1. The number of aryl methyl sites for hydroxylation is 1. The number of hydrogen-bond donors (Lipinski definition) is 1. The van der Waals surface area contributed by atoms with Gasteiger partial charge < -0.3 is 9.84 Å². The van der Waals surface area contributed by atoms with Crippen molar-refractivity contribution in [2.45, 2.75) is 69.9 Å². The second-order valence-corrected chi connectivity index (χ2v) is 9.81. The van der Waals surface area contributed by atoms with Crippen LogP contribution in [-0.2, 0) is 16.8 Å². The quantitative estimate of drug-likeness (QED) is 0.775. The number of nitrogens with zero attached hydrogens (tertiary/aromatic N) is 4. The number of nitrogens with one attached hydrogen (secondary N) is 1. The summed E-state index contributed by atoms with van der Waals surface area (Å²) in [5.74, 6) is 1.79. The largest absolute Gasteiger partial charge is 0.355 e. The minimum atomic E-state index is -0.0965. The lowest BCUT2D eigenvalue weighted by molar-refractivity contribution is -0.120. The Kier molecular flexibility index (Phi) is 6.28. The van der Waals surface area contributed by atoms with Gasteiger partial charge in [0.2, 0.25) is 11.8 Å². The smallest absolute Gasteiger partial charge is 0.240 e. The molecule has 1 amide bonds. The second kappa shape index (κ2) is 9.32. The van der Waals surface area contributed by atoms with Crippen LogP contribution in [0.4, 0.5) is 0 Å². The van der Waals surface area contributed by atoms with E-state index in [4.69, 9.17) is 9.51 Å². The summed E-state index contributed by atoms with van der Waals surface area (Å²) >= 11 is 0. The molecule has 7 heteroatoms. The van der Waals surface area contributed by atoms with E-state index in [9.17, 15) is 4.79 Å². The van der Waals surface area contributed by atoms with Gasteiger partial charge in [0.15, 0.2) is 5.82 Å². The van der Waals surface area contributed by atoms with Gasteiger partial charge in [-0.15, -0.1) is 0 Å². The summed E-state index contributed by atoms with van der Waals surface area (Å²) in [5, 5.41) is 7.46. The number of rotatable bonds is 5. The summed E-state index contributed by atoms with van der Waals surface area (Å²) in [7, 11) is 0. The lowest BCUT2D eigenvalue weighted by Gasteiger charge is -2.37. The fourth-order valence-corrected chi connectivity index (χ4v) is 5.79. The van der Waals surface area contributed by atoms with Crippen molar-refractivity contribution in [2.24, 2.45) is 0 Å². The molecule has 3 fully saturated rings. The van der Waals surface area contributed by atoms with E-state index in [0.717, 1.165) is 76.7 Å². The monoisotopic (exact) mass is 437 g/mol. The minimum Gasteiger partial charge on any atom is -0.355 e. The molecule has 7 nitrogen and oxygen atoms in total. The number of carbonyl (C=O) groups excluding carboxylic acids is 1. The van der Waals surface area contributed by atoms with Crippen molar-refractivity contribution in [3.05, 3.63) is 47.1 Å². The molecule has 1 N–H and O–H groups in total. The van der Waals surface area contributed by atoms with E-state index in [2.05, 4.69) is 51.5 Å². The van der Waals surface area contributed by atoms with Crippen molar-refractivity contribution in [3.8, 4) is 0 Å². The topological polar surface area (TPSA) is 74.5 Å². The van der Waals surface area contributed by atoms with Gasteiger partial charge in [0, 0.05) is 45.2 Å². The SMILES string of the molecule is Cc1ccc(C2(c3noc(CN4CCC(N5CCNC(=O)CC5)CC4)n3)CCCC2)cc1. The molecule has 1 aromatic carbocycles. The van der Waals surface area contributed by atoms with E-state index in [0.29, 0.717) is 12.5 Å². The molecule has 1 aromatic heterocycles. The molecule has 0 spiro atoms. The first kappa shape index (κ1) is 21.6. The first-order chi connectivity index (χ1) is 15.6. The van der Waals surface area contributed by atoms with E-state index < -0.39 is 0 Å². The van der Waals surface area contributed by atoms with Gasteiger partial charge in [-0.05, 0) is 38.2 Å². The molecule has 1 saturated carbocycles. The summed E-state index contributed by atoms with van der Waals surface area (Å²) < 4.78 is 5.76. The van der Waals surface area contributed by atoms with Gasteiger partial charge in [-0.2, -0.15) is 4.98 Å². The van der Waals surface area contributed by atoms with Crippen LogP contribution in [0, 0.1) is 6.92 Å². The lowest BCUT2D eigenvalue weighted by Crippen LogP contribution is -2.45. The normalized spacial score (nSPS) is 23.2. The zero-order valence-electron chi connectivity index (χ0n) is 19.2. The van der Waals surface area contributed by atoms with Gasteiger partial charge >= 0.3 is 0 Å². The lowest BCUT2D eigenvalue weighted by atomic mass is 9.78. The van der Waals surface area contributed by atoms with Crippen LogP contribution in [0.2, 0.25) is 0 Å². The molecular formula is C25H35N5O2. The van der Waals surface area contributed by atoms with E-state index in [-0.39, 0.29) is 11.3 Å². The number of likely N-dealkylation sites (tertiary alicyclic amines) is 1. The summed E-state index contributed by atoms with van der Waals surface area (Å²) in [5.41, 5.74) is 2.50. The maximum Gasteiger partial charge on any atom is 0.240 e. The van der Waals surface area contributed by atoms with Crippen molar-refractivity contribution < 1.29 is 9.32 Å². The highest BCUT2D eigenvalue weighted by Gasteiger charge is 2.41. The van der Waals surface area contributed by atoms with Crippen LogP contribution in [-0.4, -0.2) is 64.6 Å². The summed E-state index contributed by atoms with van der Waals surface area (Å²) in [6, 6.07) is 9.44. The molecule has 2 aromatic rings. The van der Waals surface area contributed by atoms with Gasteiger partial charge in [0.25, 0.3) is 0 Å². The van der Waals surface area contributed by atoms with Crippen LogP contribution in [0.1, 0.15) is 67.8 Å². The van der Waals surface area contributed by atoms with Gasteiger partial charge in [-0.3, -0.25) is 14.6 Å². The number of carbonyl (C=O) groups is 1. The van der Waals surface area contributed by atoms with Crippen LogP contribution < -0.4 is 5.32 Å². The molecule has 0 atom stereocenters. The van der Waals surface area contributed by atoms with Gasteiger partial charge in [-0.25, -0.2) is 0 Å². The molecule has 5 rings (SSSR count). The third kappa shape index (κ3) is 4.46. The standard InChI is InChI=1S/C25H35N5O2/c1-19-4-6-20(7-5-19)25(11-2-3-12-25)24-27-23(32-28-24)18-29-14-8-21(9-15-29)30-16-10-22(31)26-13-17-30/h4-7,21H,2-3,8-18H2,1H3,(H,26,31).